The molecule has 0 fully saturated rings. The zero-order chi connectivity index (χ0) is 12.7. The summed E-state index contributed by atoms with van der Waals surface area (Å²) in [5.74, 6) is 0.718. The van der Waals surface area contributed by atoms with Crippen molar-refractivity contribution in [2.45, 2.75) is 32.9 Å². The number of halogens is 1. The summed E-state index contributed by atoms with van der Waals surface area (Å²) in [6.07, 6.45) is 0.251. The molecular weight excluding hydrogens is 238 g/mol. The van der Waals surface area contributed by atoms with Gasteiger partial charge in [-0.3, -0.25) is 0 Å². The molecule has 0 heterocycles. The van der Waals surface area contributed by atoms with E-state index in [0.29, 0.717) is 18.1 Å². The van der Waals surface area contributed by atoms with Crippen LogP contribution in [0.2, 0.25) is 5.02 Å². The Bertz CT molecular complexity index is 342. The maximum absolute atomic E-state index is 9.19. The van der Waals surface area contributed by atoms with Crippen LogP contribution in [0.15, 0.2) is 18.2 Å². The molecule has 0 bridgehead atoms. The fourth-order valence-electron chi connectivity index (χ4n) is 1.45. The van der Waals surface area contributed by atoms with E-state index < -0.39 is 0 Å². The Balaban J connectivity index is 2.66. The van der Waals surface area contributed by atoms with E-state index in [1.54, 1.807) is 6.92 Å². The Morgan fingerprint density at radius 3 is 2.88 bits per heavy atom. The normalized spacial score (nSPS) is 12.5. The summed E-state index contributed by atoms with van der Waals surface area (Å²) in [5, 5.41) is 13.0. The second-order valence-corrected chi connectivity index (χ2v) is 4.40. The minimum Gasteiger partial charge on any atom is -0.492 e. The monoisotopic (exact) mass is 257 g/mol. The molecule has 1 rings (SSSR count). The van der Waals surface area contributed by atoms with Crippen LogP contribution < -0.4 is 10.1 Å². The van der Waals surface area contributed by atoms with Gasteiger partial charge in [0.2, 0.25) is 0 Å². The molecule has 0 aliphatic carbocycles. The molecule has 2 N–H and O–H groups in total. The predicted octanol–water partition coefficient (Wildman–Crippen LogP) is 2.60. The van der Waals surface area contributed by atoms with Crippen molar-refractivity contribution in [1.29, 1.82) is 0 Å². The SMILES string of the molecule is CCNCc1cccc(Cl)c1OCCC(C)O. The molecule has 4 heteroatoms. The van der Waals surface area contributed by atoms with Crippen molar-refractivity contribution < 1.29 is 9.84 Å². The Morgan fingerprint density at radius 2 is 2.24 bits per heavy atom. The predicted molar refractivity (Wildman–Crippen MR) is 70.6 cm³/mol. The summed E-state index contributed by atoms with van der Waals surface area (Å²) in [7, 11) is 0. The number of para-hydroxylation sites is 1. The van der Waals surface area contributed by atoms with Gasteiger partial charge in [-0.25, -0.2) is 0 Å². The summed E-state index contributed by atoms with van der Waals surface area (Å²) in [5.41, 5.74) is 1.05. The quantitative estimate of drug-likeness (QED) is 0.789. The average molecular weight is 258 g/mol. The summed E-state index contributed by atoms with van der Waals surface area (Å²) in [6, 6.07) is 5.72. The zero-order valence-electron chi connectivity index (χ0n) is 10.4. The number of ether oxygens (including phenoxy) is 1. The lowest BCUT2D eigenvalue weighted by molar-refractivity contribution is 0.155. The lowest BCUT2D eigenvalue weighted by Gasteiger charge is -2.14. The van der Waals surface area contributed by atoms with Crippen molar-refractivity contribution in [3.8, 4) is 5.75 Å². The molecule has 1 aromatic rings. The highest BCUT2D eigenvalue weighted by atomic mass is 35.5. The van der Waals surface area contributed by atoms with Gasteiger partial charge in [0.25, 0.3) is 0 Å². The highest BCUT2D eigenvalue weighted by Gasteiger charge is 2.08. The molecule has 1 unspecified atom stereocenters. The van der Waals surface area contributed by atoms with E-state index in [1.165, 1.54) is 0 Å². The first-order valence-electron chi connectivity index (χ1n) is 5.94. The molecule has 0 spiro atoms. The number of hydrogen-bond donors (Lipinski definition) is 2. The summed E-state index contributed by atoms with van der Waals surface area (Å²) in [6.45, 7) is 5.91. The number of nitrogens with one attached hydrogen (secondary N) is 1. The van der Waals surface area contributed by atoms with Gasteiger partial charge < -0.3 is 15.2 Å². The van der Waals surface area contributed by atoms with Crippen molar-refractivity contribution in [3.63, 3.8) is 0 Å². The average Bonchev–Trinajstić information content (AvgIpc) is 2.29. The van der Waals surface area contributed by atoms with Crippen LogP contribution in [0.5, 0.6) is 5.75 Å². The minimum absolute atomic E-state index is 0.352. The molecule has 1 atom stereocenters. The molecule has 0 saturated carbocycles. The van der Waals surface area contributed by atoms with Crippen LogP contribution >= 0.6 is 11.6 Å². The van der Waals surface area contributed by atoms with Gasteiger partial charge in [0.05, 0.1) is 17.7 Å². The second kappa shape index (κ2) is 7.54. The Kier molecular flexibility index (Phi) is 6.34. The topological polar surface area (TPSA) is 41.5 Å². The largest absolute Gasteiger partial charge is 0.492 e. The fraction of sp³-hybridized carbons (Fsp3) is 0.538. The van der Waals surface area contributed by atoms with Crippen molar-refractivity contribution >= 4 is 11.6 Å². The third kappa shape index (κ3) is 4.94. The second-order valence-electron chi connectivity index (χ2n) is 3.99. The Morgan fingerprint density at radius 1 is 1.47 bits per heavy atom. The van der Waals surface area contributed by atoms with E-state index >= 15 is 0 Å². The van der Waals surface area contributed by atoms with Crippen LogP contribution in [-0.2, 0) is 6.54 Å². The van der Waals surface area contributed by atoms with E-state index in [1.807, 2.05) is 18.2 Å². The van der Waals surface area contributed by atoms with Crippen LogP contribution in [0.1, 0.15) is 25.8 Å². The molecule has 0 saturated heterocycles. The molecule has 0 aromatic heterocycles. The van der Waals surface area contributed by atoms with Crippen molar-refractivity contribution in [2.75, 3.05) is 13.2 Å². The Labute approximate surface area is 108 Å². The van der Waals surface area contributed by atoms with E-state index in [9.17, 15) is 5.11 Å². The van der Waals surface area contributed by atoms with Crippen molar-refractivity contribution in [1.82, 2.24) is 5.32 Å². The summed E-state index contributed by atoms with van der Waals surface area (Å²) in [4.78, 5) is 0. The van der Waals surface area contributed by atoms with Gasteiger partial charge in [0.1, 0.15) is 5.75 Å². The van der Waals surface area contributed by atoms with Gasteiger partial charge in [0, 0.05) is 18.5 Å². The molecule has 0 aliphatic heterocycles. The first-order chi connectivity index (χ1) is 8.15. The fourth-order valence-corrected chi connectivity index (χ4v) is 1.69. The smallest absolute Gasteiger partial charge is 0.142 e. The number of rotatable bonds is 7. The number of hydrogen-bond acceptors (Lipinski definition) is 3. The van der Waals surface area contributed by atoms with Crippen LogP contribution in [0.4, 0.5) is 0 Å². The highest BCUT2D eigenvalue weighted by Crippen LogP contribution is 2.28. The summed E-state index contributed by atoms with van der Waals surface area (Å²) >= 11 is 6.11. The van der Waals surface area contributed by atoms with E-state index in [0.717, 1.165) is 24.4 Å². The molecular formula is C13H20ClNO2. The standard InChI is InChI=1S/C13H20ClNO2/c1-3-15-9-11-5-4-6-12(14)13(11)17-8-7-10(2)16/h4-6,10,15-16H,3,7-9H2,1-2H3. The third-order valence-corrected chi connectivity index (χ3v) is 2.69. The van der Waals surface area contributed by atoms with Crippen LogP contribution in [0.25, 0.3) is 0 Å². The lowest BCUT2D eigenvalue weighted by Crippen LogP contribution is -2.14. The van der Waals surface area contributed by atoms with Crippen molar-refractivity contribution in [2.24, 2.45) is 0 Å². The van der Waals surface area contributed by atoms with Gasteiger partial charge >= 0.3 is 0 Å². The Hall–Kier alpha value is -0.770. The molecule has 0 amide bonds. The van der Waals surface area contributed by atoms with E-state index in [2.05, 4.69) is 12.2 Å². The van der Waals surface area contributed by atoms with E-state index in [-0.39, 0.29) is 6.10 Å². The maximum atomic E-state index is 9.19. The first kappa shape index (κ1) is 14.3. The van der Waals surface area contributed by atoms with Crippen LogP contribution in [-0.4, -0.2) is 24.4 Å². The number of aliphatic hydroxyl groups is 1. The van der Waals surface area contributed by atoms with Crippen LogP contribution in [0, 0.1) is 0 Å². The van der Waals surface area contributed by atoms with Gasteiger partial charge in [-0.05, 0) is 19.5 Å². The lowest BCUT2D eigenvalue weighted by atomic mass is 10.2. The third-order valence-electron chi connectivity index (χ3n) is 2.40. The molecule has 17 heavy (non-hydrogen) atoms. The number of benzene rings is 1. The van der Waals surface area contributed by atoms with Gasteiger partial charge in [-0.2, -0.15) is 0 Å². The maximum Gasteiger partial charge on any atom is 0.142 e. The van der Waals surface area contributed by atoms with Gasteiger partial charge in [-0.15, -0.1) is 0 Å². The van der Waals surface area contributed by atoms with Gasteiger partial charge in [0.15, 0.2) is 0 Å². The minimum atomic E-state index is -0.352. The molecule has 1 aromatic carbocycles. The number of aliphatic hydroxyl groups excluding tert-OH is 1. The molecule has 0 aliphatic rings. The van der Waals surface area contributed by atoms with Crippen molar-refractivity contribution in [3.05, 3.63) is 28.8 Å². The summed E-state index contributed by atoms with van der Waals surface area (Å²) < 4.78 is 5.64. The van der Waals surface area contributed by atoms with Crippen LogP contribution in [0.3, 0.4) is 0 Å². The van der Waals surface area contributed by atoms with E-state index in [4.69, 9.17) is 16.3 Å². The molecule has 0 radical (unpaired) electrons. The van der Waals surface area contributed by atoms with Gasteiger partial charge in [-0.1, -0.05) is 30.7 Å². The zero-order valence-corrected chi connectivity index (χ0v) is 11.1. The molecule has 96 valence electrons. The highest BCUT2D eigenvalue weighted by molar-refractivity contribution is 6.32. The first-order valence-corrected chi connectivity index (χ1v) is 6.32. The molecule has 3 nitrogen and oxygen atoms in total.